The third-order valence-corrected chi connectivity index (χ3v) is 2.73. The van der Waals surface area contributed by atoms with Crippen molar-refractivity contribution in [1.82, 2.24) is 5.32 Å². The summed E-state index contributed by atoms with van der Waals surface area (Å²) in [5, 5.41) is 6.02. The second kappa shape index (κ2) is 6.53. The molecule has 2 N–H and O–H groups in total. The van der Waals surface area contributed by atoms with E-state index in [-0.39, 0.29) is 5.91 Å². The van der Waals surface area contributed by atoms with Crippen LogP contribution in [0, 0.1) is 6.92 Å². The Kier molecular flexibility index (Phi) is 5.32. The lowest BCUT2D eigenvalue weighted by Crippen LogP contribution is -2.24. The third-order valence-electron chi connectivity index (χ3n) is 2.24. The number of hydrogen-bond donors (Lipinski definition) is 2. The highest BCUT2D eigenvalue weighted by Crippen LogP contribution is 2.20. The number of carbonyl (C=O) groups excluding carboxylic acids is 1. The van der Waals surface area contributed by atoms with Crippen molar-refractivity contribution in [2.24, 2.45) is 0 Å². The maximum atomic E-state index is 11.2. The lowest BCUT2D eigenvalue weighted by Gasteiger charge is -2.09. The number of halogens is 1. The molecule has 0 aromatic heterocycles. The summed E-state index contributed by atoms with van der Waals surface area (Å²) in [6, 6.07) is 6.07. The van der Waals surface area contributed by atoms with E-state index in [1.165, 1.54) is 5.56 Å². The quantitative estimate of drug-likeness (QED) is 0.873. The topological polar surface area (TPSA) is 41.1 Å². The Balaban J connectivity index is 2.42. The Morgan fingerprint density at radius 3 is 2.88 bits per heavy atom. The first-order valence-corrected chi connectivity index (χ1v) is 6.19. The minimum atomic E-state index is 0.0858. The standard InChI is InChI=1S/C12H17BrN2O/c1-3-14-12(16)6-7-15-11-8-10(13)5-4-9(11)2/h4-5,8,15H,3,6-7H2,1-2H3,(H,14,16). The summed E-state index contributed by atoms with van der Waals surface area (Å²) in [5.41, 5.74) is 2.25. The van der Waals surface area contributed by atoms with Crippen LogP contribution in [0.15, 0.2) is 22.7 Å². The molecule has 0 fully saturated rings. The van der Waals surface area contributed by atoms with Crippen LogP contribution in [0.25, 0.3) is 0 Å². The molecule has 3 nitrogen and oxygen atoms in total. The molecule has 0 aliphatic heterocycles. The molecule has 0 bridgehead atoms. The van der Waals surface area contributed by atoms with Gasteiger partial charge in [-0.3, -0.25) is 4.79 Å². The maximum absolute atomic E-state index is 11.2. The molecule has 1 aromatic carbocycles. The van der Waals surface area contributed by atoms with Gasteiger partial charge in [-0.1, -0.05) is 22.0 Å². The van der Waals surface area contributed by atoms with Gasteiger partial charge in [-0.05, 0) is 31.5 Å². The van der Waals surface area contributed by atoms with Crippen molar-refractivity contribution >= 4 is 27.5 Å². The zero-order chi connectivity index (χ0) is 12.0. The van der Waals surface area contributed by atoms with E-state index in [0.717, 1.165) is 10.2 Å². The van der Waals surface area contributed by atoms with Crippen LogP contribution in [0.3, 0.4) is 0 Å². The van der Waals surface area contributed by atoms with E-state index in [1.807, 2.05) is 32.0 Å². The van der Waals surface area contributed by atoms with E-state index < -0.39 is 0 Å². The lowest BCUT2D eigenvalue weighted by molar-refractivity contribution is -0.120. The molecule has 16 heavy (non-hydrogen) atoms. The van der Waals surface area contributed by atoms with Crippen LogP contribution in [0.4, 0.5) is 5.69 Å². The number of rotatable bonds is 5. The van der Waals surface area contributed by atoms with Crippen LogP contribution in [0.5, 0.6) is 0 Å². The molecule has 0 radical (unpaired) electrons. The van der Waals surface area contributed by atoms with E-state index in [9.17, 15) is 4.79 Å². The van der Waals surface area contributed by atoms with Crippen molar-refractivity contribution in [3.63, 3.8) is 0 Å². The van der Waals surface area contributed by atoms with Crippen LogP contribution >= 0.6 is 15.9 Å². The molecule has 88 valence electrons. The van der Waals surface area contributed by atoms with Gasteiger partial charge in [-0.25, -0.2) is 0 Å². The molecule has 0 saturated carbocycles. The van der Waals surface area contributed by atoms with E-state index in [2.05, 4.69) is 26.6 Å². The van der Waals surface area contributed by atoms with Crippen LogP contribution in [-0.2, 0) is 4.79 Å². The monoisotopic (exact) mass is 284 g/mol. The van der Waals surface area contributed by atoms with Crippen molar-refractivity contribution in [3.05, 3.63) is 28.2 Å². The number of anilines is 1. The number of benzene rings is 1. The van der Waals surface area contributed by atoms with Gasteiger partial charge in [0.1, 0.15) is 0 Å². The molecular weight excluding hydrogens is 268 g/mol. The van der Waals surface area contributed by atoms with Gasteiger partial charge >= 0.3 is 0 Å². The Morgan fingerprint density at radius 2 is 2.19 bits per heavy atom. The summed E-state index contributed by atoms with van der Waals surface area (Å²) in [5.74, 6) is 0.0858. The predicted molar refractivity (Wildman–Crippen MR) is 70.7 cm³/mol. The highest BCUT2D eigenvalue weighted by atomic mass is 79.9. The zero-order valence-electron chi connectivity index (χ0n) is 9.64. The Bertz CT molecular complexity index is 366. The minimum absolute atomic E-state index is 0.0858. The van der Waals surface area contributed by atoms with Gasteiger partial charge in [0.2, 0.25) is 5.91 Å². The average Bonchev–Trinajstić information content (AvgIpc) is 2.23. The molecule has 0 aliphatic rings. The van der Waals surface area contributed by atoms with Crippen molar-refractivity contribution in [1.29, 1.82) is 0 Å². The first kappa shape index (κ1) is 13.0. The SMILES string of the molecule is CCNC(=O)CCNc1cc(Br)ccc1C. The number of carbonyl (C=O) groups is 1. The normalized spacial score (nSPS) is 9.94. The Morgan fingerprint density at radius 1 is 1.44 bits per heavy atom. The summed E-state index contributed by atoms with van der Waals surface area (Å²) in [6.07, 6.45) is 0.500. The maximum Gasteiger partial charge on any atom is 0.221 e. The molecule has 4 heteroatoms. The second-order valence-corrected chi connectivity index (χ2v) is 4.51. The second-order valence-electron chi connectivity index (χ2n) is 3.59. The summed E-state index contributed by atoms with van der Waals surface area (Å²) >= 11 is 3.42. The summed E-state index contributed by atoms with van der Waals surface area (Å²) in [6.45, 7) is 5.31. The first-order chi connectivity index (χ1) is 7.63. The van der Waals surface area contributed by atoms with Gasteiger partial charge in [0.25, 0.3) is 0 Å². The van der Waals surface area contributed by atoms with Crippen LogP contribution in [-0.4, -0.2) is 19.0 Å². The van der Waals surface area contributed by atoms with E-state index in [1.54, 1.807) is 0 Å². The van der Waals surface area contributed by atoms with Crippen molar-refractivity contribution in [3.8, 4) is 0 Å². The number of nitrogens with one attached hydrogen (secondary N) is 2. The Hall–Kier alpha value is -1.03. The van der Waals surface area contributed by atoms with Gasteiger partial charge < -0.3 is 10.6 Å². The third kappa shape index (κ3) is 4.23. The van der Waals surface area contributed by atoms with Gasteiger partial charge in [-0.15, -0.1) is 0 Å². The largest absolute Gasteiger partial charge is 0.384 e. The predicted octanol–water partition coefficient (Wildman–Crippen LogP) is 2.70. The van der Waals surface area contributed by atoms with Gasteiger partial charge in [-0.2, -0.15) is 0 Å². The smallest absolute Gasteiger partial charge is 0.221 e. The molecule has 0 heterocycles. The fourth-order valence-corrected chi connectivity index (χ4v) is 1.74. The molecule has 1 rings (SSSR count). The fraction of sp³-hybridized carbons (Fsp3) is 0.417. The van der Waals surface area contributed by atoms with Gasteiger partial charge in [0, 0.05) is 29.7 Å². The summed E-state index contributed by atoms with van der Waals surface area (Å²) in [4.78, 5) is 11.2. The summed E-state index contributed by atoms with van der Waals surface area (Å²) in [7, 11) is 0. The van der Waals surface area contributed by atoms with Crippen molar-refractivity contribution in [2.45, 2.75) is 20.3 Å². The minimum Gasteiger partial charge on any atom is -0.384 e. The number of amides is 1. The molecule has 0 atom stereocenters. The van der Waals surface area contributed by atoms with E-state index in [0.29, 0.717) is 19.5 Å². The van der Waals surface area contributed by atoms with E-state index in [4.69, 9.17) is 0 Å². The van der Waals surface area contributed by atoms with Crippen molar-refractivity contribution in [2.75, 3.05) is 18.4 Å². The van der Waals surface area contributed by atoms with Crippen LogP contribution in [0.2, 0.25) is 0 Å². The highest BCUT2D eigenvalue weighted by Gasteiger charge is 2.01. The molecule has 1 amide bonds. The lowest BCUT2D eigenvalue weighted by atomic mass is 10.2. The van der Waals surface area contributed by atoms with Crippen LogP contribution in [0.1, 0.15) is 18.9 Å². The molecule has 1 aromatic rings. The average molecular weight is 285 g/mol. The Labute approximate surface area is 105 Å². The number of aryl methyl sites for hydroxylation is 1. The summed E-state index contributed by atoms with van der Waals surface area (Å²) < 4.78 is 1.04. The molecule has 0 aliphatic carbocycles. The molecule has 0 saturated heterocycles. The molecule has 0 unspecified atom stereocenters. The first-order valence-electron chi connectivity index (χ1n) is 5.40. The zero-order valence-corrected chi connectivity index (χ0v) is 11.2. The molecular formula is C12H17BrN2O. The van der Waals surface area contributed by atoms with E-state index >= 15 is 0 Å². The van der Waals surface area contributed by atoms with Gasteiger partial charge in [0.15, 0.2) is 0 Å². The fourth-order valence-electron chi connectivity index (χ4n) is 1.38. The number of hydrogen-bond acceptors (Lipinski definition) is 2. The van der Waals surface area contributed by atoms with Crippen LogP contribution < -0.4 is 10.6 Å². The van der Waals surface area contributed by atoms with Crippen molar-refractivity contribution < 1.29 is 4.79 Å². The molecule has 0 spiro atoms. The van der Waals surface area contributed by atoms with Gasteiger partial charge in [0.05, 0.1) is 0 Å². The highest BCUT2D eigenvalue weighted by molar-refractivity contribution is 9.10.